The summed E-state index contributed by atoms with van der Waals surface area (Å²) < 4.78 is 0. The minimum atomic E-state index is -0.337. The van der Waals surface area contributed by atoms with Gasteiger partial charge in [-0.05, 0) is 54.6 Å². The molecule has 0 saturated heterocycles. The quantitative estimate of drug-likeness (QED) is 0.0849. The molecule has 3 aromatic carbocycles. The first-order valence-corrected chi connectivity index (χ1v) is 14.5. The Labute approximate surface area is 260 Å². The Morgan fingerprint density at radius 2 is 1.46 bits per heavy atom. The summed E-state index contributed by atoms with van der Waals surface area (Å²) in [7, 11) is 0. The third-order valence-electron chi connectivity index (χ3n) is 8.89. The second kappa shape index (κ2) is 14.3. The summed E-state index contributed by atoms with van der Waals surface area (Å²) in [5, 5.41) is 13.6. The molecule has 5 heteroatoms. The molecule has 1 heterocycles. The second-order valence-corrected chi connectivity index (χ2v) is 11.5. The summed E-state index contributed by atoms with van der Waals surface area (Å²) in [6.07, 6.45) is 6.41. The molecule has 0 aliphatic carbocycles. The molecule has 1 radical (unpaired) electrons. The van der Waals surface area contributed by atoms with Crippen LogP contribution in [-0.4, -0.2) is 20.9 Å². The maximum absolute atomic E-state index is 12.2. The topological polar surface area (TPSA) is 63.1 Å². The van der Waals surface area contributed by atoms with Crippen LogP contribution < -0.4 is 0 Å². The molecule has 4 rings (SSSR count). The van der Waals surface area contributed by atoms with Crippen molar-refractivity contribution in [2.45, 2.75) is 88.0 Å². The van der Waals surface area contributed by atoms with E-state index in [0.29, 0.717) is 0 Å². The molecular weight excluding hydrogens is 685 g/mol. The fourth-order valence-electron chi connectivity index (χ4n) is 4.96. The molecule has 0 aliphatic heterocycles. The predicted molar refractivity (Wildman–Crippen MR) is 169 cm³/mol. The Kier molecular flexibility index (Phi) is 12.0. The van der Waals surface area contributed by atoms with Gasteiger partial charge in [0.15, 0.2) is 5.78 Å². The number of hydrogen-bond donors (Lipinski definition) is 1. The molecule has 0 atom stereocenters. The summed E-state index contributed by atoms with van der Waals surface area (Å²) in [6.45, 7) is 18.4. The Morgan fingerprint density at radius 1 is 0.854 bits per heavy atom. The van der Waals surface area contributed by atoms with Crippen LogP contribution in [0.15, 0.2) is 60.6 Å². The Morgan fingerprint density at radius 3 is 2.05 bits per heavy atom. The number of ketones is 1. The first-order valence-electron chi connectivity index (χ1n) is 14.5. The van der Waals surface area contributed by atoms with Crippen molar-refractivity contribution in [1.29, 1.82) is 0 Å². The van der Waals surface area contributed by atoms with Crippen molar-refractivity contribution in [2.75, 3.05) is 0 Å². The number of aromatic nitrogens is 2. The van der Waals surface area contributed by atoms with Gasteiger partial charge in [-0.2, -0.15) is 0 Å². The third kappa shape index (κ3) is 7.50. The van der Waals surface area contributed by atoms with Crippen LogP contribution in [0.4, 0.5) is 0 Å². The normalized spacial score (nSPS) is 12.1. The van der Waals surface area contributed by atoms with Gasteiger partial charge < -0.3 is 5.11 Å². The first-order chi connectivity index (χ1) is 18.9. The molecule has 0 spiro atoms. The van der Waals surface area contributed by atoms with Crippen molar-refractivity contribution in [3.8, 4) is 11.3 Å². The smallest absolute Gasteiger partial charge is 0.164 e. The fraction of sp³-hybridized carbons (Fsp3) is 0.417. The van der Waals surface area contributed by atoms with E-state index in [1.807, 2.05) is 41.5 Å². The maximum Gasteiger partial charge on any atom is 0.164 e. The molecule has 41 heavy (non-hydrogen) atoms. The van der Waals surface area contributed by atoms with Crippen molar-refractivity contribution in [3.05, 3.63) is 83.4 Å². The van der Waals surface area contributed by atoms with Gasteiger partial charge in [0.1, 0.15) is 12.1 Å². The van der Waals surface area contributed by atoms with Crippen molar-refractivity contribution in [2.24, 2.45) is 10.8 Å². The number of carbonyl (C=O) groups is 1. The van der Waals surface area contributed by atoms with Gasteiger partial charge >= 0.3 is 0 Å². The summed E-state index contributed by atoms with van der Waals surface area (Å²) >= 11 is 0. The molecule has 1 aromatic heterocycles. The number of fused-ring (bicyclic) bond motifs is 3. The zero-order chi connectivity index (χ0) is 29.7. The number of nitrogens with zero attached hydrogens (tertiary/aromatic N) is 2. The monoisotopic (exact) mass is 730 g/mol. The molecule has 221 valence electrons. The van der Waals surface area contributed by atoms with Crippen LogP contribution in [0.25, 0.3) is 32.9 Å². The zero-order valence-corrected chi connectivity index (χ0v) is 28.5. The second-order valence-electron chi connectivity index (χ2n) is 11.5. The molecular formula is C36H45IrN2O2-. The van der Waals surface area contributed by atoms with Gasteiger partial charge in [0, 0.05) is 42.4 Å². The van der Waals surface area contributed by atoms with E-state index < -0.39 is 0 Å². The summed E-state index contributed by atoms with van der Waals surface area (Å²) in [4.78, 5) is 21.3. The third-order valence-corrected chi connectivity index (χ3v) is 8.89. The first kappa shape index (κ1) is 34.3. The number of aliphatic hydroxyl groups excluding tert-OH is 1. The van der Waals surface area contributed by atoms with E-state index in [2.05, 4.69) is 79.3 Å². The maximum atomic E-state index is 12.2. The minimum Gasteiger partial charge on any atom is -0.512 e. The standard InChI is InChI=1S/C21H17N2.C15H28O2.Ir/c1-13-9-14(2)11-16(10-13)20-19-8-7-17-15(3)5-4-6-18(17)21(19)23-12-22-20;1-7-14(5,8-2)12(16)11-13(17)15(6,9-3)10-4;/h4-10,12H,1-3H3;11,16H,7-10H2,1-6H3;/q-1;;/b;12-11-;. The van der Waals surface area contributed by atoms with Crippen LogP contribution in [-0.2, 0) is 24.9 Å². The zero-order valence-electron chi connectivity index (χ0n) is 26.1. The number of rotatable bonds is 8. The number of allylic oxidation sites excluding steroid dienone is 2. The Balaban J connectivity index is 0.000000296. The molecule has 4 aromatic rings. The van der Waals surface area contributed by atoms with Gasteiger partial charge in [0.25, 0.3) is 0 Å². The molecule has 1 N–H and O–H groups in total. The number of hydrogen-bond acceptors (Lipinski definition) is 4. The van der Waals surface area contributed by atoms with Crippen LogP contribution in [0, 0.1) is 37.7 Å². The van der Waals surface area contributed by atoms with Gasteiger partial charge in [-0.15, -0.1) is 34.9 Å². The van der Waals surface area contributed by atoms with Crippen molar-refractivity contribution in [1.82, 2.24) is 9.97 Å². The van der Waals surface area contributed by atoms with E-state index in [4.69, 9.17) is 0 Å². The molecule has 0 bridgehead atoms. The van der Waals surface area contributed by atoms with E-state index in [1.165, 1.54) is 28.0 Å². The number of benzene rings is 3. The molecule has 0 fully saturated rings. The molecule has 0 amide bonds. The fourth-order valence-corrected chi connectivity index (χ4v) is 4.96. The minimum absolute atomic E-state index is 0. The Hall–Kier alpha value is -2.88. The van der Waals surface area contributed by atoms with E-state index >= 15 is 0 Å². The van der Waals surface area contributed by atoms with Gasteiger partial charge in [0.05, 0.1) is 5.52 Å². The van der Waals surface area contributed by atoms with E-state index in [1.54, 1.807) is 6.33 Å². The Bertz CT molecular complexity index is 1510. The number of aryl methyl sites for hydroxylation is 3. The van der Waals surface area contributed by atoms with E-state index in [0.717, 1.165) is 53.4 Å². The van der Waals surface area contributed by atoms with Crippen LogP contribution in [0.1, 0.15) is 83.9 Å². The van der Waals surface area contributed by atoms with E-state index in [-0.39, 0.29) is 42.5 Å². The number of aliphatic hydroxyl groups is 1. The van der Waals surface area contributed by atoms with Gasteiger partial charge in [-0.25, -0.2) is 4.98 Å². The molecule has 0 unspecified atom stereocenters. The summed E-state index contributed by atoms with van der Waals surface area (Å²) in [5.41, 5.74) is 6.00. The van der Waals surface area contributed by atoms with Gasteiger partial charge in [-0.3, -0.25) is 9.78 Å². The van der Waals surface area contributed by atoms with Gasteiger partial charge in [0.2, 0.25) is 0 Å². The van der Waals surface area contributed by atoms with Crippen LogP contribution in [0.3, 0.4) is 0 Å². The summed E-state index contributed by atoms with van der Waals surface area (Å²) in [5.74, 6) is 0.286. The summed E-state index contributed by atoms with van der Waals surface area (Å²) in [6, 6.07) is 18.3. The largest absolute Gasteiger partial charge is 0.512 e. The van der Waals surface area contributed by atoms with Crippen LogP contribution >= 0.6 is 0 Å². The van der Waals surface area contributed by atoms with Crippen LogP contribution in [0.5, 0.6) is 0 Å². The van der Waals surface area contributed by atoms with Crippen molar-refractivity contribution >= 4 is 27.5 Å². The number of carbonyl (C=O) groups excluding carboxylic acids is 1. The van der Waals surface area contributed by atoms with Crippen molar-refractivity contribution in [3.63, 3.8) is 0 Å². The average molecular weight is 730 g/mol. The van der Waals surface area contributed by atoms with E-state index in [9.17, 15) is 9.90 Å². The van der Waals surface area contributed by atoms with Crippen molar-refractivity contribution < 1.29 is 30.0 Å². The van der Waals surface area contributed by atoms with Gasteiger partial charge in [-0.1, -0.05) is 85.7 Å². The predicted octanol–water partition coefficient (Wildman–Crippen LogP) is 9.82. The molecule has 0 aliphatic rings. The molecule has 4 nitrogen and oxygen atoms in total. The molecule has 0 saturated carbocycles. The van der Waals surface area contributed by atoms with Crippen LogP contribution in [0.2, 0.25) is 0 Å². The average Bonchev–Trinajstić information content (AvgIpc) is 2.95. The SMILES string of the molecule is CCC(C)(CC)C(=O)/C=C(\O)C(C)(CC)CC.Cc1[c-]c(-c2ncnc3c2ccc2c(C)cccc23)cc(C)c1.[Ir].